The second kappa shape index (κ2) is 10.0. The number of esters is 1. The topological polar surface area (TPSA) is 112 Å². The molecule has 0 saturated carbocycles. The maximum atomic E-state index is 12.2. The summed E-state index contributed by atoms with van der Waals surface area (Å²) in [7, 11) is 4.23. The second-order valence-corrected chi connectivity index (χ2v) is 4.69. The number of amides is 2. The number of hydrogen-bond acceptors (Lipinski definition) is 7. The van der Waals surface area contributed by atoms with Gasteiger partial charge in [0.1, 0.15) is 5.56 Å². The third-order valence-corrected chi connectivity index (χ3v) is 3.08. The number of ether oxygens (including phenoxy) is 4. The van der Waals surface area contributed by atoms with E-state index in [4.69, 9.17) is 18.9 Å². The molecule has 0 spiro atoms. The van der Waals surface area contributed by atoms with Crippen LogP contribution in [0.25, 0.3) is 0 Å². The first kappa shape index (κ1) is 20.1. The highest BCUT2D eigenvalue weighted by Crippen LogP contribution is 2.39. The van der Waals surface area contributed by atoms with Gasteiger partial charge in [-0.05, 0) is 19.1 Å². The molecule has 138 valence electrons. The molecule has 0 atom stereocenters. The fourth-order valence-electron chi connectivity index (χ4n) is 1.96. The summed E-state index contributed by atoms with van der Waals surface area (Å²) >= 11 is 0. The van der Waals surface area contributed by atoms with E-state index in [1.807, 2.05) is 0 Å². The Balaban J connectivity index is 2.71. The van der Waals surface area contributed by atoms with E-state index in [1.54, 1.807) is 6.92 Å². The van der Waals surface area contributed by atoms with Crippen molar-refractivity contribution in [3.8, 4) is 17.2 Å². The number of methoxy groups -OCH3 is 3. The highest BCUT2D eigenvalue weighted by molar-refractivity contribution is 5.95. The molecule has 0 bridgehead atoms. The summed E-state index contributed by atoms with van der Waals surface area (Å²) < 4.78 is 20.4. The molecule has 0 aliphatic rings. The highest BCUT2D eigenvalue weighted by atomic mass is 16.5. The first-order chi connectivity index (χ1) is 12.0. The van der Waals surface area contributed by atoms with Crippen molar-refractivity contribution in [3.05, 3.63) is 17.7 Å². The van der Waals surface area contributed by atoms with E-state index < -0.39 is 18.5 Å². The first-order valence-corrected chi connectivity index (χ1v) is 7.47. The Morgan fingerprint density at radius 1 is 0.920 bits per heavy atom. The number of benzene rings is 1. The van der Waals surface area contributed by atoms with Crippen LogP contribution in [0.3, 0.4) is 0 Å². The van der Waals surface area contributed by atoms with Crippen LogP contribution in [0.4, 0.5) is 0 Å². The molecule has 2 amide bonds. The van der Waals surface area contributed by atoms with E-state index in [0.717, 1.165) is 0 Å². The third kappa shape index (κ3) is 5.55. The van der Waals surface area contributed by atoms with Crippen LogP contribution >= 0.6 is 0 Å². The predicted octanol–water partition coefficient (Wildman–Crippen LogP) is 0.122. The summed E-state index contributed by atoms with van der Waals surface area (Å²) in [6, 6.07) is 2.96. The van der Waals surface area contributed by atoms with Gasteiger partial charge in [-0.25, -0.2) is 4.79 Å². The Morgan fingerprint density at radius 2 is 1.60 bits per heavy atom. The lowest BCUT2D eigenvalue weighted by Gasteiger charge is -2.15. The van der Waals surface area contributed by atoms with Crippen molar-refractivity contribution in [2.45, 2.75) is 6.92 Å². The SMILES string of the molecule is CCNC(=O)CNC(=O)COC(=O)c1ccc(OC)c(OC)c1OC. The van der Waals surface area contributed by atoms with Crippen LogP contribution in [0.5, 0.6) is 17.2 Å². The molecule has 0 saturated heterocycles. The largest absolute Gasteiger partial charge is 0.493 e. The molecule has 0 aliphatic heterocycles. The summed E-state index contributed by atoms with van der Waals surface area (Å²) in [6.07, 6.45) is 0. The van der Waals surface area contributed by atoms with Gasteiger partial charge in [0.2, 0.25) is 11.7 Å². The van der Waals surface area contributed by atoms with Crippen LogP contribution in [0, 0.1) is 0 Å². The van der Waals surface area contributed by atoms with Crippen molar-refractivity contribution in [1.82, 2.24) is 10.6 Å². The highest BCUT2D eigenvalue weighted by Gasteiger charge is 2.22. The molecular formula is C16H22N2O7. The Labute approximate surface area is 145 Å². The molecule has 1 rings (SSSR count). The quantitative estimate of drug-likeness (QED) is 0.606. The van der Waals surface area contributed by atoms with Gasteiger partial charge < -0.3 is 29.6 Å². The van der Waals surface area contributed by atoms with Crippen LogP contribution in [0.15, 0.2) is 12.1 Å². The monoisotopic (exact) mass is 354 g/mol. The van der Waals surface area contributed by atoms with Crippen LogP contribution < -0.4 is 24.8 Å². The number of rotatable bonds is 9. The minimum absolute atomic E-state index is 0.0803. The van der Waals surface area contributed by atoms with Crippen molar-refractivity contribution in [2.24, 2.45) is 0 Å². The van der Waals surface area contributed by atoms with Crippen molar-refractivity contribution in [2.75, 3.05) is 41.0 Å². The summed E-state index contributed by atoms with van der Waals surface area (Å²) in [5, 5.41) is 4.87. The van der Waals surface area contributed by atoms with Gasteiger partial charge in [-0.15, -0.1) is 0 Å². The number of likely N-dealkylation sites (N-methyl/N-ethyl adjacent to an activating group) is 1. The van der Waals surface area contributed by atoms with E-state index in [9.17, 15) is 14.4 Å². The number of carbonyl (C=O) groups is 3. The lowest BCUT2D eigenvalue weighted by molar-refractivity contribution is -0.127. The molecule has 1 aromatic carbocycles. The molecule has 0 aromatic heterocycles. The Hall–Kier alpha value is -2.97. The van der Waals surface area contributed by atoms with Crippen molar-refractivity contribution in [3.63, 3.8) is 0 Å². The van der Waals surface area contributed by atoms with E-state index in [0.29, 0.717) is 12.3 Å². The van der Waals surface area contributed by atoms with Gasteiger partial charge in [0.15, 0.2) is 18.1 Å². The van der Waals surface area contributed by atoms with E-state index in [-0.39, 0.29) is 29.5 Å². The summed E-state index contributed by atoms with van der Waals surface area (Å²) in [6.45, 7) is 1.50. The molecule has 0 radical (unpaired) electrons. The minimum Gasteiger partial charge on any atom is -0.493 e. The van der Waals surface area contributed by atoms with Gasteiger partial charge in [-0.3, -0.25) is 9.59 Å². The molecule has 0 aliphatic carbocycles. The maximum absolute atomic E-state index is 12.2. The summed E-state index contributed by atoms with van der Waals surface area (Å²) in [5.41, 5.74) is 0.0803. The van der Waals surface area contributed by atoms with Crippen LogP contribution in [-0.4, -0.2) is 58.8 Å². The van der Waals surface area contributed by atoms with E-state index in [1.165, 1.54) is 33.5 Å². The zero-order valence-electron chi connectivity index (χ0n) is 14.6. The predicted molar refractivity (Wildman–Crippen MR) is 88.1 cm³/mol. The normalized spacial score (nSPS) is 9.76. The summed E-state index contributed by atoms with van der Waals surface area (Å²) in [5.74, 6) is -0.945. The number of nitrogens with one attached hydrogen (secondary N) is 2. The Bertz CT molecular complexity index is 631. The van der Waals surface area contributed by atoms with E-state index in [2.05, 4.69) is 10.6 Å². The van der Waals surface area contributed by atoms with E-state index >= 15 is 0 Å². The van der Waals surface area contributed by atoms with Crippen LogP contribution in [0.2, 0.25) is 0 Å². The molecule has 0 unspecified atom stereocenters. The average molecular weight is 354 g/mol. The molecule has 9 heteroatoms. The van der Waals surface area contributed by atoms with Gasteiger partial charge in [-0.2, -0.15) is 0 Å². The van der Waals surface area contributed by atoms with Crippen LogP contribution in [-0.2, 0) is 14.3 Å². The molecule has 9 nitrogen and oxygen atoms in total. The van der Waals surface area contributed by atoms with Gasteiger partial charge in [0.25, 0.3) is 5.91 Å². The first-order valence-electron chi connectivity index (χ1n) is 7.47. The lowest BCUT2D eigenvalue weighted by atomic mass is 10.1. The fourth-order valence-corrected chi connectivity index (χ4v) is 1.96. The van der Waals surface area contributed by atoms with Gasteiger partial charge in [-0.1, -0.05) is 0 Å². The summed E-state index contributed by atoms with van der Waals surface area (Å²) in [4.78, 5) is 35.0. The van der Waals surface area contributed by atoms with Crippen molar-refractivity contribution >= 4 is 17.8 Å². The maximum Gasteiger partial charge on any atom is 0.342 e. The third-order valence-electron chi connectivity index (χ3n) is 3.08. The van der Waals surface area contributed by atoms with Gasteiger partial charge in [0, 0.05) is 6.54 Å². The standard InChI is InChI=1S/C16H22N2O7/c1-5-17-12(19)8-18-13(20)9-25-16(21)10-6-7-11(22-2)15(24-4)14(10)23-3/h6-7H,5,8-9H2,1-4H3,(H,17,19)(H,18,20). The lowest BCUT2D eigenvalue weighted by Crippen LogP contribution is -2.38. The molecule has 1 aromatic rings. The fraction of sp³-hybridized carbons (Fsp3) is 0.438. The number of hydrogen-bond donors (Lipinski definition) is 2. The van der Waals surface area contributed by atoms with Crippen molar-refractivity contribution in [1.29, 1.82) is 0 Å². The second-order valence-electron chi connectivity index (χ2n) is 4.69. The zero-order chi connectivity index (χ0) is 18.8. The molecule has 25 heavy (non-hydrogen) atoms. The molecular weight excluding hydrogens is 332 g/mol. The average Bonchev–Trinajstić information content (AvgIpc) is 2.63. The molecule has 0 heterocycles. The van der Waals surface area contributed by atoms with Crippen LogP contribution in [0.1, 0.15) is 17.3 Å². The Kier molecular flexibility index (Phi) is 8.04. The molecule has 0 fully saturated rings. The Morgan fingerprint density at radius 3 is 2.16 bits per heavy atom. The van der Waals surface area contributed by atoms with Crippen molar-refractivity contribution < 1.29 is 33.3 Å². The minimum atomic E-state index is -0.772. The zero-order valence-corrected chi connectivity index (χ0v) is 14.6. The molecule has 2 N–H and O–H groups in total. The van der Waals surface area contributed by atoms with Gasteiger partial charge in [0.05, 0.1) is 27.9 Å². The number of carbonyl (C=O) groups excluding carboxylic acids is 3. The smallest absolute Gasteiger partial charge is 0.342 e. The van der Waals surface area contributed by atoms with Gasteiger partial charge >= 0.3 is 5.97 Å².